The molecule has 3 saturated heterocycles. The number of epoxide rings is 1. The second-order valence-electron chi connectivity index (χ2n) is 5.32. The van der Waals surface area contributed by atoms with Crippen molar-refractivity contribution < 1.29 is 9.53 Å². The maximum atomic E-state index is 11.7. The van der Waals surface area contributed by atoms with Crippen molar-refractivity contribution in [3.63, 3.8) is 0 Å². The Morgan fingerprint density at radius 1 is 1.33 bits per heavy atom. The molecule has 4 nitrogen and oxygen atoms in total. The van der Waals surface area contributed by atoms with Crippen molar-refractivity contribution in [2.24, 2.45) is 5.41 Å². The van der Waals surface area contributed by atoms with Gasteiger partial charge in [0.25, 0.3) is 5.91 Å². The van der Waals surface area contributed by atoms with Gasteiger partial charge in [-0.25, -0.2) is 0 Å². The van der Waals surface area contributed by atoms with Crippen molar-refractivity contribution in [2.45, 2.75) is 18.9 Å². The third kappa shape index (κ3) is 1.66. The molecule has 0 saturated carbocycles. The maximum absolute atomic E-state index is 11.7. The highest BCUT2D eigenvalue weighted by atomic mass is 16.6. The average Bonchev–Trinajstić information content (AvgIpc) is 2.98. The number of hydrogen-bond donors (Lipinski definition) is 0. The van der Waals surface area contributed by atoms with Gasteiger partial charge in [0.05, 0.1) is 6.61 Å². The summed E-state index contributed by atoms with van der Waals surface area (Å²) in [6, 6.07) is 0. The molecular formula is C11H18N2O2. The minimum absolute atomic E-state index is 0.0892. The molecule has 0 aromatic carbocycles. The van der Waals surface area contributed by atoms with Crippen molar-refractivity contribution in [1.82, 2.24) is 9.80 Å². The normalized spacial score (nSPS) is 33.9. The molecule has 3 heterocycles. The van der Waals surface area contributed by atoms with Gasteiger partial charge in [0.15, 0.2) is 6.10 Å². The molecular weight excluding hydrogens is 192 g/mol. The number of likely N-dealkylation sites (tertiary alicyclic amines) is 2. The number of carbonyl (C=O) groups is 1. The van der Waals surface area contributed by atoms with Crippen LogP contribution in [0.2, 0.25) is 0 Å². The molecule has 1 amide bonds. The second kappa shape index (κ2) is 3.19. The molecule has 3 rings (SSSR count). The Morgan fingerprint density at radius 2 is 1.93 bits per heavy atom. The van der Waals surface area contributed by atoms with Crippen LogP contribution in [0.25, 0.3) is 0 Å². The Kier molecular flexibility index (Phi) is 2.04. The quantitative estimate of drug-likeness (QED) is 0.569. The summed E-state index contributed by atoms with van der Waals surface area (Å²) in [5.41, 5.74) is 0.455. The van der Waals surface area contributed by atoms with Gasteiger partial charge in [0.1, 0.15) is 0 Å². The molecule has 84 valence electrons. The maximum Gasteiger partial charge on any atom is 0.254 e. The van der Waals surface area contributed by atoms with E-state index in [0.29, 0.717) is 12.0 Å². The molecule has 0 N–H and O–H groups in total. The number of amides is 1. The average molecular weight is 210 g/mol. The molecule has 1 atom stereocenters. The second-order valence-corrected chi connectivity index (χ2v) is 5.32. The van der Waals surface area contributed by atoms with Crippen LogP contribution in [0.1, 0.15) is 12.8 Å². The van der Waals surface area contributed by atoms with Crippen LogP contribution in [-0.2, 0) is 9.53 Å². The zero-order valence-corrected chi connectivity index (χ0v) is 9.24. The van der Waals surface area contributed by atoms with Crippen LogP contribution in [0.5, 0.6) is 0 Å². The van der Waals surface area contributed by atoms with E-state index in [-0.39, 0.29) is 12.0 Å². The van der Waals surface area contributed by atoms with E-state index in [9.17, 15) is 4.79 Å². The fourth-order valence-corrected chi connectivity index (χ4v) is 2.72. The van der Waals surface area contributed by atoms with E-state index in [2.05, 4.69) is 11.9 Å². The number of carbonyl (C=O) groups excluding carboxylic acids is 1. The minimum atomic E-state index is -0.0892. The number of piperidine rings is 1. The summed E-state index contributed by atoms with van der Waals surface area (Å²) in [4.78, 5) is 16.0. The highest BCUT2D eigenvalue weighted by molar-refractivity contribution is 5.83. The van der Waals surface area contributed by atoms with Gasteiger partial charge in [-0.1, -0.05) is 0 Å². The molecule has 0 aromatic heterocycles. The summed E-state index contributed by atoms with van der Waals surface area (Å²) in [7, 11) is 2.17. The molecule has 0 radical (unpaired) electrons. The molecule has 1 spiro atoms. The van der Waals surface area contributed by atoms with Crippen molar-refractivity contribution in [1.29, 1.82) is 0 Å². The van der Waals surface area contributed by atoms with E-state index in [1.165, 1.54) is 25.9 Å². The third-order valence-electron chi connectivity index (χ3n) is 4.02. The largest absolute Gasteiger partial charge is 0.363 e. The van der Waals surface area contributed by atoms with Crippen LogP contribution < -0.4 is 0 Å². The minimum Gasteiger partial charge on any atom is -0.363 e. The lowest BCUT2D eigenvalue weighted by Gasteiger charge is -2.53. The van der Waals surface area contributed by atoms with Crippen LogP contribution >= 0.6 is 0 Å². The molecule has 3 aliphatic heterocycles. The van der Waals surface area contributed by atoms with Crippen LogP contribution in [0, 0.1) is 5.41 Å². The van der Waals surface area contributed by atoms with Crippen LogP contribution in [0.3, 0.4) is 0 Å². The van der Waals surface area contributed by atoms with E-state index in [1.807, 2.05) is 4.90 Å². The van der Waals surface area contributed by atoms with Crippen molar-refractivity contribution in [3.8, 4) is 0 Å². The lowest BCUT2D eigenvalue weighted by Crippen LogP contribution is -2.62. The Morgan fingerprint density at radius 3 is 2.47 bits per heavy atom. The molecule has 1 unspecified atom stereocenters. The molecule has 4 heteroatoms. The predicted octanol–water partition coefficient (Wildman–Crippen LogP) is -0.0606. The zero-order valence-electron chi connectivity index (χ0n) is 9.24. The summed E-state index contributed by atoms with van der Waals surface area (Å²) in [5, 5.41) is 0. The van der Waals surface area contributed by atoms with E-state index >= 15 is 0 Å². The van der Waals surface area contributed by atoms with Gasteiger partial charge in [0, 0.05) is 18.5 Å². The first-order valence-corrected chi connectivity index (χ1v) is 5.78. The first-order valence-electron chi connectivity index (χ1n) is 5.78. The van der Waals surface area contributed by atoms with E-state index in [0.717, 1.165) is 13.1 Å². The lowest BCUT2D eigenvalue weighted by molar-refractivity contribution is -0.147. The molecule has 0 bridgehead atoms. The van der Waals surface area contributed by atoms with Crippen LogP contribution in [-0.4, -0.2) is 61.6 Å². The molecule has 3 aliphatic rings. The van der Waals surface area contributed by atoms with Crippen LogP contribution in [0.4, 0.5) is 0 Å². The van der Waals surface area contributed by atoms with Gasteiger partial charge in [0.2, 0.25) is 0 Å². The van der Waals surface area contributed by atoms with Crippen molar-refractivity contribution >= 4 is 5.91 Å². The lowest BCUT2D eigenvalue weighted by atomic mass is 9.72. The smallest absolute Gasteiger partial charge is 0.254 e. The third-order valence-corrected chi connectivity index (χ3v) is 4.02. The monoisotopic (exact) mass is 210 g/mol. The van der Waals surface area contributed by atoms with Gasteiger partial charge < -0.3 is 14.5 Å². The Labute approximate surface area is 90.2 Å². The number of ether oxygens (including phenoxy) is 1. The summed E-state index contributed by atoms with van der Waals surface area (Å²) >= 11 is 0. The van der Waals surface area contributed by atoms with Crippen molar-refractivity contribution in [3.05, 3.63) is 0 Å². The van der Waals surface area contributed by atoms with Crippen LogP contribution in [0.15, 0.2) is 0 Å². The van der Waals surface area contributed by atoms with E-state index < -0.39 is 0 Å². The van der Waals surface area contributed by atoms with Gasteiger partial charge in [-0.3, -0.25) is 4.79 Å². The fraction of sp³-hybridized carbons (Fsp3) is 0.909. The predicted molar refractivity (Wildman–Crippen MR) is 55.5 cm³/mol. The number of nitrogens with zero attached hydrogens (tertiary/aromatic N) is 2. The molecule has 0 aliphatic carbocycles. The SMILES string of the molecule is CN1CCC2(CC1)CN(C(=O)C1CO1)C2. The van der Waals surface area contributed by atoms with Gasteiger partial charge in [-0.05, 0) is 33.0 Å². The summed E-state index contributed by atoms with van der Waals surface area (Å²) in [6.07, 6.45) is 2.41. The summed E-state index contributed by atoms with van der Waals surface area (Å²) < 4.78 is 5.02. The summed E-state index contributed by atoms with van der Waals surface area (Å²) in [5.74, 6) is 0.222. The Balaban J connectivity index is 1.53. The molecule has 15 heavy (non-hydrogen) atoms. The van der Waals surface area contributed by atoms with Crippen molar-refractivity contribution in [2.75, 3.05) is 39.8 Å². The Bertz CT molecular complexity index is 272. The molecule has 0 aromatic rings. The highest BCUT2D eigenvalue weighted by Crippen LogP contribution is 2.40. The summed E-state index contributed by atoms with van der Waals surface area (Å²) in [6.45, 7) is 4.95. The fourth-order valence-electron chi connectivity index (χ4n) is 2.72. The first kappa shape index (κ1) is 9.60. The zero-order chi connectivity index (χ0) is 10.5. The standard InChI is InChI=1S/C11H18N2O2/c1-12-4-2-11(3-5-12)7-13(8-11)10(14)9-6-15-9/h9H,2-8H2,1H3. The highest BCUT2D eigenvalue weighted by Gasteiger charge is 2.49. The van der Waals surface area contributed by atoms with Gasteiger partial charge >= 0.3 is 0 Å². The number of hydrogen-bond acceptors (Lipinski definition) is 3. The molecule has 3 fully saturated rings. The first-order chi connectivity index (χ1) is 7.19. The Hall–Kier alpha value is -0.610. The van der Waals surface area contributed by atoms with Gasteiger partial charge in [-0.2, -0.15) is 0 Å². The van der Waals surface area contributed by atoms with E-state index in [1.54, 1.807) is 0 Å². The van der Waals surface area contributed by atoms with Gasteiger partial charge in [-0.15, -0.1) is 0 Å². The number of rotatable bonds is 1. The van der Waals surface area contributed by atoms with E-state index in [4.69, 9.17) is 4.74 Å². The topological polar surface area (TPSA) is 36.1 Å².